The Morgan fingerprint density at radius 3 is 2.79 bits per heavy atom. The third-order valence-corrected chi connectivity index (χ3v) is 3.20. The Hall–Kier alpha value is -1.14. The molecule has 19 heavy (non-hydrogen) atoms. The van der Waals surface area contributed by atoms with Gasteiger partial charge < -0.3 is 10.2 Å². The average Bonchev–Trinajstić information content (AvgIpc) is 2.76. The quantitative estimate of drug-likeness (QED) is 0.884. The van der Waals surface area contributed by atoms with Gasteiger partial charge in [0.25, 0.3) is 0 Å². The molecule has 0 spiro atoms. The number of aliphatic hydroxyl groups is 2. The maximum atomic E-state index is 10.1. The van der Waals surface area contributed by atoms with E-state index in [4.69, 9.17) is 28.3 Å². The molecular formula is C12H13Cl2N3O2. The van der Waals surface area contributed by atoms with Gasteiger partial charge in [0.1, 0.15) is 6.10 Å². The topological polar surface area (TPSA) is 71.2 Å². The van der Waals surface area contributed by atoms with Crippen molar-refractivity contribution in [3.63, 3.8) is 0 Å². The minimum atomic E-state index is -0.798. The summed E-state index contributed by atoms with van der Waals surface area (Å²) in [7, 11) is 0. The summed E-state index contributed by atoms with van der Waals surface area (Å²) in [5.74, 6) is 0. The zero-order chi connectivity index (χ0) is 13.8. The number of benzene rings is 1. The van der Waals surface area contributed by atoms with E-state index in [-0.39, 0.29) is 13.2 Å². The largest absolute Gasteiger partial charge is 0.396 e. The van der Waals surface area contributed by atoms with Gasteiger partial charge >= 0.3 is 0 Å². The molecule has 0 aliphatic rings. The predicted molar refractivity (Wildman–Crippen MR) is 72.2 cm³/mol. The van der Waals surface area contributed by atoms with Crippen molar-refractivity contribution in [1.29, 1.82) is 0 Å². The molecule has 0 saturated carbocycles. The minimum absolute atomic E-state index is 0.0181. The van der Waals surface area contributed by atoms with E-state index in [1.54, 1.807) is 24.4 Å². The standard InChI is InChI=1S/C12H13Cl2N3O2/c13-8-1-2-10(11(14)5-8)12(19)7-17-6-9(3-4-18)15-16-17/h1-2,5-6,12,18-19H,3-4,7H2. The lowest BCUT2D eigenvalue weighted by atomic mass is 10.1. The van der Waals surface area contributed by atoms with Gasteiger partial charge in [0.05, 0.1) is 12.2 Å². The van der Waals surface area contributed by atoms with Crippen LogP contribution in [0.15, 0.2) is 24.4 Å². The fourth-order valence-corrected chi connectivity index (χ4v) is 2.24. The van der Waals surface area contributed by atoms with E-state index in [0.29, 0.717) is 27.7 Å². The molecule has 0 fully saturated rings. The highest BCUT2D eigenvalue weighted by molar-refractivity contribution is 6.35. The number of rotatable bonds is 5. The molecule has 1 aromatic carbocycles. The van der Waals surface area contributed by atoms with Gasteiger partial charge in [-0.15, -0.1) is 5.10 Å². The van der Waals surface area contributed by atoms with Crippen LogP contribution < -0.4 is 0 Å². The normalized spacial score (nSPS) is 12.6. The zero-order valence-corrected chi connectivity index (χ0v) is 11.5. The van der Waals surface area contributed by atoms with E-state index in [0.717, 1.165) is 0 Å². The second-order valence-electron chi connectivity index (χ2n) is 4.09. The van der Waals surface area contributed by atoms with E-state index < -0.39 is 6.10 Å². The zero-order valence-electron chi connectivity index (χ0n) is 10.0. The van der Waals surface area contributed by atoms with Crippen molar-refractivity contribution in [3.8, 4) is 0 Å². The highest BCUT2D eigenvalue weighted by Crippen LogP contribution is 2.27. The van der Waals surface area contributed by atoms with Crippen LogP contribution in [0.5, 0.6) is 0 Å². The van der Waals surface area contributed by atoms with Crippen LogP contribution in [0.4, 0.5) is 0 Å². The van der Waals surface area contributed by atoms with Crippen LogP contribution in [-0.4, -0.2) is 31.8 Å². The summed E-state index contributed by atoms with van der Waals surface area (Å²) < 4.78 is 1.51. The van der Waals surface area contributed by atoms with Gasteiger partial charge in [-0.05, 0) is 12.1 Å². The Morgan fingerprint density at radius 1 is 1.32 bits per heavy atom. The summed E-state index contributed by atoms with van der Waals surface area (Å²) >= 11 is 11.8. The summed E-state index contributed by atoms with van der Waals surface area (Å²) in [5.41, 5.74) is 1.27. The highest BCUT2D eigenvalue weighted by Gasteiger charge is 2.13. The first-order chi connectivity index (χ1) is 9.10. The Balaban J connectivity index is 2.09. The summed E-state index contributed by atoms with van der Waals surface area (Å²) in [6.07, 6.45) is 1.33. The van der Waals surface area contributed by atoms with Gasteiger partial charge in [-0.1, -0.05) is 34.5 Å². The molecule has 5 nitrogen and oxygen atoms in total. The molecule has 0 amide bonds. The van der Waals surface area contributed by atoms with E-state index in [1.165, 1.54) is 4.68 Å². The summed E-state index contributed by atoms with van der Waals surface area (Å²) in [6.45, 7) is 0.254. The second-order valence-corrected chi connectivity index (χ2v) is 4.93. The molecule has 2 aromatic rings. The highest BCUT2D eigenvalue weighted by atomic mass is 35.5. The number of nitrogens with zero attached hydrogens (tertiary/aromatic N) is 3. The first-order valence-corrected chi connectivity index (χ1v) is 6.48. The maximum absolute atomic E-state index is 10.1. The number of hydrogen-bond acceptors (Lipinski definition) is 4. The number of aromatic nitrogens is 3. The molecule has 0 aliphatic heterocycles. The molecule has 1 unspecified atom stereocenters. The fourth-order valence-electron chi connectivity index (χ4n) is 1.70. The smallest absolute Gasteiger partial charge is 0.100 e. The van der Waals surface area contributed by atoms with Crippen molar-refractivity contribution >= 4 is 23.2 Å². The van der Waals surface area contributed by atoms with Gasteiger partial charge in [0.15, 0.2) is 0 Å². The van der Waals surface area contributed by atoms with Crippen molar-refractivity contribution in [2.45, 2.75) is 19.1 Å². The summed E-state index contributed by atoms with van der Waals surface area (Å²) in [4.78, 5) is 0. The van der Waals surface area contributed by atoms with Gasteiger partial charge in [-0.3, -0.25) is 0 Å². The maximum Gasteiger partial charge on any atom is 0.100 e. The van der Waals surface area contributed by atoms with Crippen molar-refractivity contribution in [2.75, 3.05) is 6.61 Å². The molecular weight excluding hydrogens is 289 g/mol. The molecule has 7 heteroatoms. The van der Waals surface area contributed by atoms with Crippen LogP contribution in [0.2, 0.25) is 10.0 Å². The van der Waals surface area contributed by atoms with Gasteiger partial charge in [-0.25, -0.2) is 4.68 Å². The van der Waals surface area contributed by atoms with E-state index in [2.05, 4.69) is 10.3 Å². The van der Waals surface area contributed by atoms with Crippen molar-refractivity contribution in [1.82, 2.24) is 15.0 Å². The van der Waals surface area contributed by atoms with Crippen molar-refractivity contribution < 1.29 is 10.2 Å². The molecule has 0 bridgehead atoms. The monoisotopic (exact) mass is 301 g/mol. The predicted octanol–water partition coefficient (Wildman–Crippen LogP) is 1.85. The van der Waals surface area contributed by atoms with Crippen LogP contribution in [0.25, 0.3) is 0 Å². The van der Waals surface area contributed by atoms with E-state index in [9.17, 15) is 5.11 Å². The van der Waals surface area contributed by atoms with Crippen LogP contribution in [0, 0.1) is 0 Å². The molecule has 0 radical (unpaired) electrons. The molecule has 1 heterocycles. The number of aliphatic hydroxyl groups excluding tert-OH is 2. The Labute approximate surface area is 120 Å². The summed E-state index contributed by atoms with van der Waals surface area (Å²) in [5, 5.41) is 27.6. The molecule has 0 aliphatic carbocycles. The molecule has 1 aromatic heterocycles. The molecule has 0 saturated heterocycles. The lowest BCUT2D eigenvalue weighted by molar-refractivity contribution is 0.150. The van der Waals surface area contributed by atoms with Gasteiger partial charge in [0.2, 0.25) is 0 Å². The van der Waals surface area contributed by atoms with E-state index in [1.807, 2.05) is 0 Å². The average molecular weight is 302 g/mol. The van der Waals surface area contributed by atoms with Gasteiger partial charge in [-0.2, -0.15) is 0 Å². The molecule has 1 atom stereocenters. The first-order valence-electron chi connectivity index (χ1n) is 5.73. The third-order valence-electron chi connectivity index (χ3n) is 2.64. The fraction of sp³-hybridized carbons (Fsp3) is 0.333. The van der Waals surface area contributed by atoms with Crippen molar-refractivity contribution in [3.05, 3.63) is 45.7 Å². The van der Waals surface area contributed by atoms with Crippen LogP contribution in [0.3, 0.4) is 0 Å². The van der Waals surface area contributed by atoms with Crippen molar-refractivity contribution in [2.24, 2.45) is 0 Å². The number of hydrogen-bond donors (Lipinski definition) is 2. The van der Waals surface area contributed by atoms with Crippen LogP contribution >= 0.6 is 23.2 Å². The van der Waals surface area contributed by atoms with Crippen LogP contribution in [0.1, 0.15) is 17.4 Å². The lowest BCUT2D eigenvalue weighted by Crippen LogP contribution is -2.09. The SMILES string of the molecule is OCCc1cn(CC(O)c2ccc(Cl)cc2Cl)nn1. The Morgan fingerprint density at radius 2 is 2.11 bits per heavy atom. The van der Waals surface area contributed by atoms with Gasteiger partial charge in [0, 0.05) is 34.8 Å². The van der Waals surface area contributed by atoms with Crippen LogP contribution in [-0.2, 0) is 13.0 Å². The lowest BCUT2D eigenvalue weighted by Gasteiger charge is -2.12. The third kappa shape index (κ3) is 3.67. The second kappa shape index (κ2) is 6.34. The molecule has 2 rings (SSSR count). The Kier molecular flexibility index (Phi) is 4.76. The minimum Gasteiger partial charge on any atom is -0.396 e. The molecule has 102 valence electrons. The first kappa shape index (κ1) is 14.3. The summed E-state index contributed by atoms with van der Waals surface area (Å²) in [6, 6.07) is 4.94. The Bertz CT molecular complexity index is 560. The number of halogens is 2. The van der Waals surface area contributed by atoms with E-state index >= 15 is 0 Å². The molecule has 2 N–H and O–H groups in total.